The third-order valence-corrected chi connectivity index (χ3v) is 2.84. The minimum atomic E-state index is -0.646. The number of hydrogen-bond acceptors (Lipinski definition) is 4. The largest absolute Gasteiger partial charge is 0.497 e. The summed E-state index contributed by atoms with van der Waals surface area (Å²) in [7, 11) is 1.43. The molecule has 0 radical (unpaired) electrons. The minimum Gasteiger partial charge on any atom is -0.497 e. The summed E-state index contributed by atoms with van der Waals surface area (Å²) in [6, 6.07) is 5.72. The van der Waals surface area contributed by atoms with E-state index in [1.165, 1.54) is 25.4 Å². The normalized spacial score (nSPS) is 10.3. The third kappa shape index (κ3) is 2.40. The fourth-order valence-corrected chi connectivity index (χ4v) is 1.82. The second-order valence-corrected chi connectivity index (χ2v) is 4.06. The van der Waals surface area contributed by atoms with Crippen LogP contribution in [0.3, 0.4) is 0 Å². The summed E-state index contributed by atoms with van der Waals surface area (Å²) in [6.07, 6.45) is 1.51. The van der Waals surface area contributed by atoms with Gasteiger partial charge in [-0.2, -0.15) is 0 Å². The second-order valence-electron chi connectivity index (χ2n) is 4.06. The Kier molecular flexibility index (Phi) is 3.46. The van der Waals surface area contributed by atoms with E-state index in [2.05, 4.69) is 4.98 Å². The molecular formula is C14H13FN2O2. The van der Waals surface area contributed by atoms with E-state index >= 15 is 0 Å². The van der Waals surface area contributed by atoms with E-state index in [4.69, 9.17) is 10.5 Å². The number of halogens is 1. The third-order valence-electron chi connectivity index (χ3n) is 2.84. The van der Waals surface area contributed by atoms with Crippen LogP contribution < -0.4 is 10.5 Å². The van der Waals surface area contributed by atoms with Crippen LogP contribution in [0.2, 0.25) is 0 Å². The lowest BCUT2D eigenvalue weighted by atomic mass is 9.99. The Morgan fingerprint density at radius 3 is 2.68 bits per heavy atom. The molecule has 4 nitrogen and oxygen atoms in total. The van der Waals surface area contributed by atoms with E-state index in [1.807, 2.05) is 0 Å². The number of ketones is 1. The molecule has 98 valence electrons. The van der Waals surface area contributed by atoms with Gasteiger partial charge in [-0.15, -0.1) is 0 Å². The van der Waals surface area contributed by atoms with Crippen LogP contribution in [-0.4, -0.2) is 17.9 Å². The number of carbonyl (C=O) groups is 1. The number of nitrogen functional groups attached to an aromatic ring is 1. The number of anilines is 1. The van der Waals surface area contributed by atoms with E-state index in [9.17, 15) is 9.18 Å². The average Bonchev–Trinajstić information content (AvgIpc) is 2.38. The van der Waals surface area contributed by atoms with Gasteiger partial charge in [0.1, 0.15) is 17.4 Å². The molecule has 0 unspecified atom stereocenters. The molecule has 0 aliphatic carbocycles. The molecule has 0 amide bonds. The van der Waals surface area contributed by atoms with Crippen LogP contribution >= 0.6 is 0 Å². The van der Waals surface area contributed by atoms with Crippen LogP contribution in [0.5, 0.6) is 5.75 Å². The van der Waals surface area contributed by atoms with Crippen molar-refractivity contribution in [3.05, 3.63) is 53.0 Å². The first-order valence-electron chi connectivity index (χ1n) is 5.64. The lowest BCUT2D eigenvalue weighted by Gasteiger charge is -2.09. The number of carbonyl (C=O) groups excluding carboxylic acids is 1. The van der Waals surface area contributed by atoms with Crippen LogP contribution in [0.1, 0.15) is 21.5 Å². The molecule has 0 saturated heterocycles. The van der Waals surface area contributed by atoms with Crippen molar-refractivity contribution in [3.63, 3.8) is 0 Å². The summed E-state index contributed by atoms with van der Waals surface area (Å²) in [5.74, 6) is -0.680. The quantitative estimate of drug-likeness (QED) is 0.860. The van der Waals surface area contributed by atoms with Crippen LogP contribution in [0.15, 0.2) is 30.5 Å². The molecule has 0 spiro atoms. The molecule has 0 bridgehead atoms. The molecule has 2 N–H and O–H groups in total. The zero-order valence-electron chi connectivity index (χ0n) is 10.6. The molecule has 1 heterocycles. The Balaban J connectivity index is 2.51. The Bertz CT molecular complexity index is 621. The van der Waals surface area contributed by atoms with Crippen LogP contribution in [0, 0.1) is 12.7 Å². The van der Waals surface area contributed by atoms with E-state index in [1.54, 1.807) is 13.0 Å². The second kappa shape index (κ2) is 5.06. The molecule has 2 aromatic rings. The molecule has 0 saturated carbocycles. The van der Waals surface area contributed by atoms with Gasteiger partial charge in [-0.25, -0.2) is 9.37 Å². The maximum atomic E-state index is 13.9. The molecule has 0 atom stereocenters. The van der Waals surface area contributed by atoms with Crippen molar-refractivity contribution in [1.29, 1.82) is 0 Å². The van der Waals surface area contributed by atoms with E-state index < -0.39 is 11.6 Å². The number of rotatable bonds is 3. The number of methoxy groups -OCH3 is 1. The van der Waals surface area contributed by atoms with Gasteiger partial charge in [-0.1, -0.05) is 0 Å². The smallest absolute Gasteiger partial charge is 0.199 e. The summed E-state index contributed by atoms with van der Waals surface area (Å²) >= 11 is 0. The molecule has 2 rings (SSSR count). The highest BCUT2D eigenvalue weighted by Crippen LogP contribution is 2.22. The van der Waals surface area contributed by atoms with Gasteiger partial charge in [0.05, 0.1) is 18.2 Å². The molecular weight excluding hydrogens is 247 g/mol. The fourth-order valence-electron chi connectivity index (χ4n) is 1.82. The van der Waals surface area contributed by atoms with Crippen LogP contribution in [0.4, 0.5) is 10.2 Å². The zero-order chi connectivity index (χ0) is 14.0. The van der Waals surface area contributed by atoms with Gasteiger partial charge in [0, 0.05) is 12.3 Å². The number of aryl methyl sites for hydroxylation is 1. The van der Waals surface area contributed by atoms with E-state index in [0.717, 1.165) is 6.07 Å². The van der Waals surface area contributed by atoms with E-state index in [-0.39, 0.29) is 16.9 Å². The first-order chi connectivity index (χ1) is 9.04. The van der Waals surface area contributed by atoms with Gasteiger partial charge in [0.2, 0.25) is 0 Å². The number of nitrogens with zero attached hydrogens (tertiary/aromatic N) is 1. The maximum absolute atomic E-state index is 13.9. The SMILES string of the molecule is COc1ccc(C(=O)c2c(C)ccnc2N)c(F)c1. The predicted octanol–water partition coefficient (Wildman–Crippen LogP) is 2.35. The van der Waals surface area contributed by atoms with Gasteiger partial charge in [0.25, 0.3) is 0 Å². The average molecular weight is 260 g/mol. The molecule has 1 aromatic carbocycles. The number of aromatic nitrogens is 1. The standard InChI is InChI=1S/C14H13FN2O2/c1-8-5-6-17-14(16)12(8)13(18)10-4-3-9(19-2)7-11(10)15/h3-7H,1-2H3,(H2,16,17). The zero-order valence-corrected chi connectivity index (χ0v) is 10.6. The number of benzene rings is 1. The van der Waals surface area contributed by atoms with Crippen molar-refractivity contribution in [2.45, 2.75) is 6.92 Å². The van der Waals surface area contributed by atoms with Crippen molar-refractivity contribution < 1.29 is 13.9 Å². The maximum Gasteiger partial charge on any atom is 0.199 e. The number of ether oxygens (including phenoxy) is 1. The molecule has 0 fully saturated rings. The Morgan fingerprint density at radius 1 is 1.37 bits per heavy atom. The Morgan fingerprint density at radius 2 is 2.11 bits per heavy atom. The highest BCUT2D eigenvalue weighted by atomic mass is 19.1. The summed E-state index contributed by atoms with van der Waals surface area (Å²) in [5, 5.41) is 0. The lowest BCUT2D eigenvalue weighted by Crippen LogP contribution is -2.10. The predicted molar refractivity (Wildman–Crippen MR) is 69.8 cm³/mol. The number of pyridine rings is 1. The van der Waals surface area contributed by atoms with Crippen molar-refractivity contribution in [1.82, 2.24) is 4.98 Å². The summed E-state index contributed by atoms with van der Waals surface area (Å²) < 4.78 is 18.8. The topological polar surface area (TPSA) is 65.2 Å². The Hall–Kier alpha value is -2.43. The van der Waals surface area contributed by atoms with Gasteiger partial charge < -0.3 is 10.5 Å². The molecule has 1 aromatic heterocycles. The van der Waals surface area contributed by atoms with Crippen molar-refractivity contribution in [2.24, 2.45) is 0 Å². The molecule has 5 heteroatoms. The summed E-state index contributed by atoms with van der Waals surface area (Å²) in [6.45, 7) is 1.73. The molecule has 0 aliphatic heterocycles. The lowest BCUT2D eigenvalue weighted by molar-refractivity contribution is 0.103. The number of hydrogen-bond donors (Lipinski definition) is 1. The molecule has 0 aliphatic rings. The Labute approximate surface area is 110 Å². The van der Waals surface area contributed by atoms with E-state index in [0.29, 0.717) is 11.3 Å². The van der Waals surface area contributed by atoms with Gasteiger partial charge >= 0.3 is 0 Å². The monoisotopic (exact) mass is 260 g/mol. The highest BCUT2D eigenvalue weighted by Gasteiger charge is 2.19. The highest BCUT2D eigenvalue weighted by molar-refractivity contribution is 6.12. The first kappa shape index (κ1) is 13.0. The van der Waals surface area contributed by atoms with Crippen molar-refractivity contribution >= 4 is 11.6 Å². The first-order valence-corrected chi connectivity index (χ1v) is 5.64. The van der Waals surface area contributed by atoms with Gasteiger partial charge in [-0.3, -0.25) is 4.79 Å². The van der Waals surface area contributed by atoms with Gasteiger partial charge in [0.15, 0.2) is 5.78 Å². The van der Waals surface area contributed by atoms with Crippen molar-refractivity contribution in [2.75, 3.05) is 12.8 Å². The van der Waals surface area contributed by atoms with Crippen LogP contribution in [-0.2, 0) is 0 Å². The fraction of sp³-hybridized carbons (Fsp3) is 0.143. The minimum absolute atomic E-state index is 0.0522. The van der Waals surface area contributed by atoms with Crippen molar-refractivity contribution in [3.8, 4) is 5.75 Å². The summed E-state index contributed by atoms with van der Waals surface area (Å²) in [4.78, 5) is 16.2. The summed E-state index contributed by atoms with van der Waals surface area (Å²) in [5.41, 5.74) is 6.52. The number of nitrogens with two attached hydrogens (primary N) is 1. The molecule has 19 heavy (non-hydrogen) atoms. The van der Waals surface area contributed by atoms with Crippen LogP contribution in [0.25, 0.3) is 0 Å². The van der Waals surface area contributed by atoms with Gasteiger partial charge in [-0.05, 0) is 30.7 Å².